The van der Waals surface area contributed by atoms with Crippen LogP contribution in [0, 0.1) is 19.3 Å². The fourth-order valence-corrected chi connectivity index (χ4v) is 6.84. The Labute approximate surface area is 200 Å². The van der Waals surface area contributed by atoms with Crippen LogP contribution in [0.3, 0.4) is 0 Å². The lowest BCUT2D eigenvalue weighted by Crippen LogP contribution is -2.73. The maximum Gasteiger partial charge on any atom is 0.229 e. The fourth-order valence-electron chi connectivity index (χ4n) is 5.83. The summed E-state index contributed by atoms with van der Waals surface area (Å²) in [6.07, 6.45) is 4.23. The maximum atomic E-state index is 6.32. The normalized spacial score (nSPS) is 24.9. The molecule has 1 atom stereocenters. The molecule has 9 heteroatoms. The van der Waals surface area contributed by atoms with Crippen molar-refractivity contribution in [3.05, 3.63) is 23.5 Å². The summed E-state index contributed by atoms with van der Waals surface area (Å²) in [5, 5.41) is 4.27. The molecule has 0 saturated carbocycles. The van der Waals surface area contributed by atoms with Gasteiger partial charge in [-0.1, -0.05) is 13.8 Å². The maximum absolute atomic E-state index is 6.32. The molecule has 7 nitrogen and oxygen atoms in total. The van der Waals surface area contributed by atoms with Gasteiger partial charge in [0.15, 0.2) is 0 Å². The van der Waals surface area contributed by atoms with Gasteiger partial charge in [-0.3, -0.25) is 9.80 Å². The highest BCUT2D eigenvalue weighted by molar-refractivity contribution is 7.10. The summed E-state index contributed by atoms with van der Waals surface area (Å²) in [6.45, 7) is 15.6. The molecule has 2 aromatic heterocycles. The van der Waals surface area contributed by atoms with Crippen LogP contribution >= 0.6 is 23.1 Å². The van der Waals surface area contributed by atoms with Gasteiger partial charge in [0.2, 0.25) is 5.95 Å². The van der Waals surface area contributed by atoms with Crippen molar-refractivity contribution in [2.24, 2.45) is 5.41 Å². The molecule has 1 N–H and O–H groups in total. The summed E-state index contributed by atoms with van der Waals surface area (Å²) in [6, 6.07) is 2.70. The number of halogens is 1. The van der Waals surface area contributed by atoms with E-state index in [1.165, 1.54) is 31.0 Å². The highest BCUT2D eigenvalue weighted by atomic mass is 35.5. The van der Waals surface area contributed by atoms with Crippen molar-refractivity contribution in [2.75, 3.05) is 55.4 Å². The molecule has 0 aliphatic carbocycles. The molecule has 5 rings (SSSR count). The third kappa shape index (κ3) is 4.22. The highest BCUT2D eigenvalue weighted by Crippen LogP contribution is 2.41. The van der Waals surface area contributed by atoms with E-state index in [1.807, 2.05) is 19.2 Å². The van der Waals surface area contributed by atoms with E-state index < -0.39 is 0 Å². The first-order chi connectivity index (χ1) is 15.3. The van der Waals surface area contributed by atoms with Gasteiger partial charge in [0.1, 0.15) is 10.8 Å². The Hall–Kier alpha value is -1.48. The van der Waals surface area contributed by atoms with Crippen molar-refractivity contribution < 1.29 is 0 Å². The summed E-state index contributed by atoms with van der Waals surface area (Å²) in [5.74, 6) is 2.35. The lowest BCUT2D eigenvalue weighted by atomic mass is 9.83. The van der Waals surface area contributed by atoms with Gasteiger partial charge in [-0.2, -0.15) is 9.36 Å². The van der Waals surface area contributed by atoms with Crippen molar-refractivity contribution in [1.82, 2.24) is 24.1 Å². The van der Waals surface area contributed by atoms with Gasteiger partial charge in [-0.25, -0.2) is 4.98 Å². The first kappa shape index (κ1) is 22.3. The van der Waals surface area contributed by atoms with Gasteiger partial charge in [-0.15, -0.1) is 11.6 Å². The number of piperazine rings is 1. The molecule has 2 aromatic rings. The standard InChI is InChI=1S/C23H34ClN7S/c1-16-11-25-21(26-19-9-17(2)28-32-19)27-20(16)30-14-23(15-30,5-6-24)31-8-7-29-13-22(3,4)10-18(29)12-31/h9,11,18H,5-8,10,12-15H2,1-4H3,(H,25,26,27)/t18-/m0/s1. The molecular weight excluding hydrogens is 442 g/mol. The molecule has 0 amide bonds. The van der Waals surface area contributed by atoms with E-state index >= 15 is 0 Å². The number of hydrogen-bond donors (Lipinski definition) is 1. The number of fused-ring (bicyclic) bond motifs is 1. The van der Waals surface area contributed by atoms with Gasteiger partial charge in [-0.05, 0) is 49.7 Å². The van der Waals surface area contributed by atoms with Crippen LogP contribution in [0.15, 0.2) is 12.3 Å². The fraction of sp³-hybridized carbons (Fsp3) is 0.696. The van der Waals surface area contributed by atoms with E-state index in [4.69, 9.17) is 16.6 Å². The van der Waals surface area contributed by atoms with Crippen LogP contribution < -0.4 is 10.2 Å². The average Bonchev–Trinajstić information content (AvgIpc) is 3.26. The largest absolute Gasteiger partial charge is 0.352 e. The molecule has 0 unspecified atom stereocenters. The molecule has 3 aliphatic heterocycles. The predicted molar refractivity (Wildman–Crippen MR) is 133 cm³/mol. The smallest absolute Gasteiger partial charge is 0.229 e. The molecule has 32 heavy (non-hydrogen) atoms. The average molecular weight is 476 g/mol. The van der Waals surface area contributed by atoms with Crippen molar-refractivity contribution in [3.63, 3.8) is 0 Å². The predicted octanol–water partition coefficient (Wildman–Crippen LogP) is 3.90. The Bertz CT molecular complexity index is 971. The summed E-state index contributed by atoms with van der Waals surface area (Å²) in [4.78, 5) is 17.2. The molecule has 5 heterocycles. The lowest BCUT2D eigenvalue weighted by Gasteiger charge is -2.59. The summed E-state index contributed by atoms with van der Waals surface area (Å²) < 4.78 is 4.33. The van der Waals surface area contributed by atoms with Gasteiger partial charge in [0.25, 0.3) is 0 Å². The van der Waals surface area contributed by atoms with Crippen LogP contribution in [0.2, 0.25) is 0 Å². The van der Waals surface area contributed by atoms with Gasteiger partial charge >= 0.3 is 0 Å². The van der Waals surface area contributed by atoms with Crippen LogP contribution in [-0.2, 0) is 0 Å². The zero-order valence-corrected chi connectivity index (χ0v) is 21.1. The van der Waals surface area contributed by atoms with Crippen LogP contribution in [-0.4, -0.2) is 80.9 Å². The van der Waals surface area contributed by atoms with Crippen molar-refractivity contribution in [3.8, 4) is 0 Å². The third-order valence-corrected chi connectivity index (χ3v) is 8.32. The van der Waals surface area contributed by atoms with Gasteiger partial charge in [0.05, 0.1) is 11.2 Å². The number of alkyl halides is 1. The van der Waals surface area contributed by atoms with E-state index in [1.54, 1.807) is 0 Å². The monoisotopic (exact) mass is 475 g/mol. The summed E-state index contributed by atoms with van der Waals surface area (Å²) >= 11 is 7.76. The zero-order chi connectivity index (χ0) is 22.5. The Morgan fingerprint density at radius 2 is 2.03 bits per heavy atom. The van der Waals surface area contributed by atoms with E-state index in [0.717, 1.165) is 54.7 Å². The second-order valence-corrected chi connectivity index (χ2v) is 11.8. The Morgan fingerprint density at radius 1 is 1.22 bits per heavy atom. The number of nitrogens with zero attached hydrogens (tertiary/aromatic N) is 6. The Balaban J connectivity index is 1.30. The molecule has 0 aromatic carbocycles. The molecule has 174 valence electrons. The summed E-state index contributed by atoms with van der Waals surface area (Å²) in [5.41, 5.74) is 2.70. The van der Waals surface area contributed by atoms with Crippen LogP contribution in [0.4, 0.5) is 16.8 Å². The molecule has 0 radical (unpaired) electrons. The number of aromatic nitrogens is 3. The highest BCUT2D eigenvalue weighted by Gasteiger charge is 2.51. The first-order valence-corrected chi connectivity index (χ1v) is 12.9. The minimum atomic E-state index is 0.153. The van der Waals surface area contributed by atoms with Crippen LogP contribution in [0.25, 0.3) is 0 Å². The number of anilines is 3. The minimum absolute atomic E-state index is 0.153. The molecule has 3 aliphatic rings. The second-order valence-electron chi connectivity index (χ2n) is 10.6. The van der Waals surface area contributed by atoms with Crippen molar-refractivity contribution in [2.45, 2.75) is 52.1 Å². The number of hydrogen-bond acceptors (Lipinski definition) is 8. The van der Waals surface area contributed by atoms with Crippen LogP contribution in [0.1, 0.15) is 37.9 Å². The van der Waals surface area contributed by atoms with E-state index in [2.05, 4.69) is 50.1 Å². The number of rotatable bonds is 6. The number of aryl methyl sites for hydroxylation is 2. The number of nitrogens with one attached hydrogen (secondary N) is 1. The SMILES string of the molecule is Cc1cc(Nc2ncc(C)c(N3CC(CCCl)(N4CCN5CC(C)(C)C[C@H]5C4)C3)n2)sn1. The van der Waals surface area contributed by atoms with Crippen LogP contribution in [0.5, 0.6) is 0 Å². The molecule has 0 bridgehead atoms. The van der Waals surface area contributed by atoms with E-state index in [0.29, 0.717) is 23.3 Å². The quantitative estimate of drug-likeness (QED) is 0.636. The van der Waals surface area contributed by atoms with Gasteiger partial charge < -0.3 is 10.2 Å². The second kappa shape index (κ2) is 8.38. The van der Waals surface area contributed by atoms with Crippen molar-refractivity contribution >= 4 is 39.9 Å². The third-order valence-electron chi connectivity index (χ3n) is 7.33. The van der Waals surface area contributed by atoms with E-state index in [9.17, 15) is 0 Å². The molecule has 3 saturated heterocycles. The molecular formula is C23H34ClN7S. The lowest BCUT2D eigenvalue weighted by molar-refractivity contribution is -0.00492. The van der Waals surface area contributed by atoms with Crippen molar-refractivity contribution in [1.29, 1.82) is 0 Å². The minimum Gasteiger partial charge on any atom is -0.352 e. The Morgan fingerprint density at radius 3 is 2.75 bits per heavy atom. The zero-order valence-electron chi connectivity index (χ0n) is 19.6. The summed E-state index contributed by atoms with van der Waals surface area (Å²) in [7, 11) is 0. The topological polar surface area (TPSA) is 60.4 Å². The Kier molecular flexibility index (Phi) is 5.85. The first-order valence-electron chi connectivity index (χ1n) is 11.6. The van der Waals surface area contributed by atoms with Gasteiger partial charge in [0, 0.05) is 63.0 Å². The molecule has 0 spiro atoms. The van der Waals surface area contributed by atoms with E-state index in [-0.39, 0.29) is 5.54 Å². The molecule has 3 fully saturated rings.